The van der Waals surface area contributed by atoms with E-state index in [2.05, 4.69) is 61.2 Å². The summed E-state index contributed by atoms with van der Waals surface area (Å²) in [6, 6.07) is 30.6. The number of pyridine rings is 1. The molecule has 0 spiro atoms. The molecular formula is C32H32N2O. The van der Waals surface area contributed by atoms with Gasteiger partial charge in [0.05, 0.1) is 5.69 Å². The van der Waals surface area contributed by atoms with Crippen molar-refractivity contribution in [2.75, 3.05) is 0 Å². The molecule has 4 aromatic rings. The van der Waals surface area contributed by atoms with Crippen LogP contribution in [0.1, 0.15) is 41.4 Å². The summed E-state index contributed by atoms with van der Waals surface area (Å²) in [5.74, 6) is 0.259. The number of nitrogens with zero attached hydrogens (tertiary/aromatic N) is 1. The third-order valence-corrected chi connectivity index (χ3v) is 6.31. The second-order valence-corrected chi connectivity index (χ2v) is 8.89. The Kier molecular flexibility index (Phi) is 7.79. The first-order valence-electron chi connectivity index (χ1n) is 12.0. The van der Waals surface area contributed by atoms with Crippen molar-refractivity contribution in [1.29, 1.82) is 0 Å². The lowest BCUT2D eigenvalue weighted by Crippen LogP contribution is -2.00. The van der Waals surface area contributed by atoms with E-state index in [1.807, 2.05) is 37.3 Å². The highest BCUT2D eigenvalue weighted by Gasteiger charge is 2.10. The summed E-state index contributed by atoms with van der Waals surface area (Å²) < 4.78 is 0. The predicted octanol–water partition coefficient (Wildman–Crippen LogP) is 7.20. The van der Waals surface area contributed by atoms with E-state index in [1.54, 1.807) is 12.3 Å². The van der Waals surface area contributed by atoms with Crippen molar-refractivity contribution in [3.05, 3.63) is 132 Å². The molecule has 0 saturated heterocycles. The van der Waals surface area contributed by atoms with Crippen LogP contribution in [0.3, 0.4) is 0 Å². The summed E-state index contributed by atoms with van der Waals surface area (Å²) in [4.78, 5) is 4.85. The number of hydrogen-bond donors (Lipinski definition) is 2. The first-order chi connectivity index (χ1) is 17.0. The summed E-state index contributed by atoms with van der Waals surface area (Å²) in [5, 5.41) is 10.4. The molecule has 0 aliphatic carbocycles. The van der Waals surface area contributed by atoms with Crippen LogP contribution in [0.2, 0.25) is 0 Å². The van der Waals surface area contributed by atoms with Gasteiger partial charge in [0.2, 0.25) is 0 Å². The number of aromatic hydroxyl groups is 1. The number of aryl methyl sites for hydroxylation is 3. The topological polar surface area (TPSA) is 59.1 Å². The molecule has 176 valence electrons. The van der Waals surface area contributed by atoms with Crippen LogP contribution in [-0.4, -0.2) is 10.1 Å². The van der Waals surface area contributed by atoms with Gasteiger partial charge in [-0.25, -0.2) is 0 Å². The van der Waals surface area contributed by atoms with Crippen LogP contribution < -0.4 is 5.73 Å². The van der Waals surface area contributed by atoms with Crippen LogP contribution in [0, 0.1) is 0 Å². The van der Waals surface area contributed by atoms with E-state index in [1.165, 1.54) is 16.7 Å². The highest BCUT2D eigenvalue weighted by atomic mass is 16.3. The molecule has 1 aromatic heterocycles. The molecule has 3 aromatic carbocycles. The lowest BCUT2D eigenvalue weighted by atomic mass is 9.97. The highest BCUT2D eigenvalue weighted by Crippen LogP contribution is 2.31. The Balaban J connectivity index is 1.48. The van der Waals surface area contributed by atoms with Crippen molar-refractivity contribution in [3.63, 3.8) is 0 Å². The monoisotopic (exact) mass is 460 g/mol. The Hall–Kier alpha value is -4.11. The number of aromatic nitrogens is 1. The molecule has 35 heavy (non-hydrogen) atoms. The number of phenols is 1. The summed E-state index contributed by atoms with van der Waals surface area (Å²) in [5.41, 5.74) is 15.2. The van der Waals surface area contributed by atoms with Crippen molar-refractivity contribution in [2.45, 2.75) is 32.6 Å². The number of hydrogen-bond acceptors (Lipinski definition) is 3. The fourth-order valence-electron chi connectivity index (χ4n) is 4.20. The minimum Gasteiger partial charge on any atom is -0.507 e. The highest BCUT2D eigenvalue weighted by molar-refractivity contribution is 5.74. The zero-order chi connectivity index (χ0) is 24.6. The fraction of sp³-hybridized carbons (Fsp3) is 0.156. The van der Waals surface area contributed by atoms with Crippen molar-refractivity contribution < 1.29 is 5.11 Å². The fourth-order valence-corrected chi connectivity index (χ4v) is 4.20. The number of nitrogens with two attached hydrogens (primary N) is 1. The van der Waals surface area contributed by atoms with Gasteiger partial charge in [-0.3, -0.25) is 4.98 Å². The zero-order valence-corrected chi connectivity index (χ0v) is 20.2. The minimum atomic E-state index is 0.259. The molecule has 0 aliphatic rings. The van der Waals surface area contributed by atoms with Crippen LogP contribution in [0.4, 0.5) is 0 Å². The Bertz CT molecular complexity index is 1340. The number of para-hydroxylation sites is 1. The maximum atomic E-state index is 10.4. The van der Waals surface area contributed by atoms with Gasteiger partial charge in [-0.1, -0.05) is 79.4 Å². The summed E-state index contributed by atoms with van der Waals surface area (Å²) in [6.45, 7) is 6.22. The molecule has 0 amide bonds. The van der Waals surface area contributed by atoms with Crippen LogP contribution in [0.15, 0.2) is 104 Å². The van der Waals surface area contributed by atoms with Gasteiger partial charge in [-0.05, 0) is 90.4 Å². The summed E-state index contributed by atoms with van der Waals surface area (Å²) in [7, 11) is 0. The van der Waals surface area contributed by atoms with E-state index in [4.69, 9.17) is 10.7 Å². The molecule has 0 unspecified atom stereocenters. The Morgan fingerprint density at radius 3 is 2.31 bits per heavy atom. The molecule has 0 radical (unpaired) electrons. The standard InChI is InChI=1S/C32H32N2O/c1-23(27-11-4-3-5-12-27)15-16-25-9-8-10-26(19-25)17-18-29-20-28(21-31(34-29)24(2)22-33)30-13-6-7-14-32(30)35/h3-14,19-22,35H,1,15-18,33H2,2H3/b24-22-. The van der Waals surface area contributed by atoms with Crippen LogP contribution in [0.25, 0.3) is 22.3 Å². The Morgan fingerprint density at radius 1 is 0.857 bits per heavy atom. The van der Waals surface area contributed by atoms with Crippen molar-refractivity contribution >= 4 is 11.1 Å². The SMILES string of the molecule is C=C(CCc1cccc(CCc2cc(-c3ccccc3O)cc(/C(C)=C\N)n2)c1)c1ccccc1. The molecule has 3 heteroatoms. The van der Waals surface area contributed by atoms with Gasteiger partial charge in [0.15, 0.2) is 0 Å². The second kappa shape index (κ2) is 11.3. The van der Waals surface area contributed by atoms with Gasteiger partial charge in [-0.2, -0.15) is 0 Å². The molecular weight excluding hydrogens is 428 g/mol. The van der Waals surface area contributed by atoms with Gasteiger partial charge >= 0.3 is 0 Å². The third-order valence-electron chi connectivity index (χ3n) is 6.31. The molecule has 1 heterocycles. The minimum absolute atomic E-state index is 0.259. The predicted molar refractivity (Wildman–Crippen MR) is 147 cm³/mol. The smallest absolute Gasteiger partial charge is 0.123 e. The molecule has 3 N–H and O–H groups in total. The second-order valence-electron chi connectivity index (χ2n) is 8.89. The van der Waals surface area contributed by atoms with E-state index >= 15 is 0 Å². The number of phenolic OH excluding ortho intramolecular Hbond substituents is 1. The van der Waals surface area contributed by atoms with E-state index in [9.17, 15) is 5.11 Å². The van der Waals surface area contributed by atoms with Gasteiger partial charge < -0.3 is 10.8 Å². The first kappa shape index (κ1) is 24.0. The molecule has 3 nitrogen and oxygen atoms in total. The average Bonchev–Trinajstić information content (AvgIpc) is 2.91. The number of rotatable bonds is 9. The Labute approximate surface area is 208 Å². The van der Waals surface area contributed by atoms with Crippen LogP contribution in [-0.2, 0) is 19.3 Å². The maximum Gasteiger partial charge on any atom is 0.123 e. The zero-order valence-electron chi connectivity index (χ0n) is 20.2. The van der Waals surface area contributed by atoms with E-state index < -0.39 is 0 Å². The molecule has 0 fully saturated rings. The maximum absolute atomic E-state index is 10.4. The molecule has 0 saturated carbocycles. The molecule has 4 rings (SSSR count). The summed E-state index contributed by atoms with van der Waals surface area (Å²) in [6.07, 6.45) is 5.16. The van der Waals surface area contributed by atoms with Gasteiger partial charge in [0.25, 0.3) is 0 Å². The average molecular weight is 461 g/mol. The van der Waals surface area contributed by atoms with E-state index in [0.29, 0.717) is 0 Å². The van der Waals surface area contributed by atoms with Crippen molar-refractivity contribution in [2.24, 2.45) is 5.73 Å². The molecule has 0 bridgehead atoms. The van der Waals surface area contributed by atoms with Gasteiger partial charge in [0.1, 0.15) is 5.75 Å². The first-order valence-corrected chi connectivity index (χ1v) is 12.0. The quantitative estimate of drug-likeness (QED) is 0.277. The number of benzene rings is 3. The lowest BCUT2D eigenvalue weighted by Gasteiger charge is -2.12. The van der Waals surface area contributed by atoms with Crippen molar-refractivity contribution in [1.82, 2.24) is 4.98 Å². The van der Waals surface area contributed by atoms with Gasteiger partial charge in [-0.15, -0.1) is 0 Å². The molecule has 0 aliphatic heterocycles. The van der Waals surface area contributed by atoms with Crippen LogP contribution in [0.5, 0.6) is 5.75 Å². The summed E-state index contributed by atoms with van der Waals surface area (Å²) >= 11 is 0. The van der Waals surface area contributed by atoms with Crippen LogP contribution >= 0.6 is 0 Å². The normalized spacial score (nSPS) is 11.4. The van der Waals surface area contributed by atoms with E-state index in [0.717, 1.165) is 59.3 Å². The lowest BCUT2D eigenvalue weighted by molar-refractivity contribution is 0.477. The Morgan fingerprint density at radius 2 is 1.57 bits per heavy atom. The molecule has 0 atom stereocenters. The van der Waals surface area contributed by atoms with Gasteiger partial charge in [0, 0.05) is 11.3 Å². The number of allylic oxidation sites excluding steroid dienone is 2. The van der Waals surface area contributed by atoms with E-state index in [-0.39, 0.29) is 5.75 Å². The third kappa shape index (κ3) is 6.27. The largest absolute Gasteiger partial charge is 0.507 e. The van der Waals surface area contributed by atoms with Crippen molar-refractivity contribution in [3.8, 4) is 16.9 Å².